The van der Waals surface area contributed by atoms with E-state index in [9.17, 15) is 9.90 Å². The van der Waals surface area contributed by atoms with Gasteiger partial charge in [0.1, 0.15) is 18.1 Å². The second kappa shape index (κ2) is 11.7. The molecule has 1 aromatic carbocycles. The minimum absolute atomic E-state index is 0.00543. The van der Waals surface area contributed by atoms with Gasteiger partial charge in [0, 0.05) is 25.1 Å². The van der Waals surface area contributed by atoms with Crippen molar-refractivity contribution in [1.82, 2.24) is 9.80 Å². The standard InChI is InChI=1S/C26H32N2O5S/c1-19-5-3-6-21(13-19)33-18-24-23-9-12-34-25(23)8-10-28(24)26(30)16-27(14-20(29)17-31-2)15-22-7-4-11-32-22/h3-7,9,11-13,20,24,29H,8,10,14-18H2,1-2H3. The number of carbonyl (C=O) groups excluding carboxylic acids is 1. The van der Waals surface area contributed by atoms with Gasteiger partial charge in [-0.3, -0.25) is 9.69 Å². The van der Waals surface area contributed by atoms with Crippen molar-refractivity contribution in [3.05, 3.63) is 75.9 Å². The molecular formula is C26H32N2O5S. The van der Waals surface area contributed by atoms with Gasteiger partial charge in [-0.1, -0.05) is 12.1 Å². The Bertz CT molecular complexity index is 1050. The molecule has 0 spiro atoms. The zero-order chi connectivity index (χ0) is 23.9. The van der Waals surface area contributed by atoms with Gasteiger partial charge in [-0.25, -0.2) is 0 Å². The average Bonchev–Trinajstić information content (AvgIpc) is 3.49. The van der Waals surface area contributed by atoms with Gasteiger partial charge in [-0.05, 0) is 60.2 Å². The molecule has 0 saturated carbocycles. The molecule has 8 heteroatoms. The van der Waals surface area contributed by atoms with E-state index in [1.165, 1.54) is 4.88 Å². The number of rotatable bonds is 11. The molecule has 1 aliphatic rings. The van der Waals surface area contributed by atoms with Crippen molar-refractivity contribution >= 4 is 17.2 Å². The highest BCUT2D eigenvalue weighted by Crippen LogP contribution is 2.34. The van der Waals surface area contributed by atoms with Gasteiger partial charge in [0.2, 0.25) is 5.91 Å². The molecule has 2 aromatic heterocycles. The van der Waals surface area contributed by atoms with Crippen LogP contribution in [0.15, 0.2) is 58.5 Å². The Morgan fingerprint density at radius 2 is 2.21 bits per heavy atom. The topological polar surface area (TPSA) is 75.4 Å². The number of aliphatic hydroxyl groups excluding tert-OH is 1. The number of aryl methyl sites for hydroxylation is 1. The minimum Gasteiger partial charge on any atom is -0.491 e. The monoisotopic (exact) mass is 484 g/mol. The third kappa shape index (κ3) is 6.27. The number of thiophene rings is 1. The third-order valence-corrected chi connectivity index (χ3v) is 6.96. The van der Waals surface area contributed by atoms with Crippen molar-refractivity contribution in [2.24, 2.45) is 0 Å². The maximum absolute atomic E-state index is 13.6. The summed E-state index contributed by atoms with van der Waals surface area (Å²) in [6.45, 7) is 4.18. The smallest absolute Gasteiger partial charge is 0.237 e. The zero-order valence-electron chi connectivity index (χ0n) is 19.7. The number of hydrogen-bond acceptors (Lipinski definition) is 7. The number of nitrogens with zero attached hydrogens (tertiary/aromatic N) is 2. The van der Waals surface area contributed by atoms with E-state index in [-0.39, 0.29) is 25.1 Å². The molecule has 2 unspecified atom stereocenters. The number of amides is 1. The quantitative estimate of drug-likeness (QED) is 0.448. The lowest BCUT2D eigenvalue weighted by Crippen LogP contribution is -2.47. The first-order valence-corrected chi connectivity index (χ1v) is 12.4. The summed E-state index contributed by atoms with van der Waals surface area (Å²) >= 11 is 1.73. The van der Waals surface area contributed by atoms with Gasteiger partial charge in [0.25, 0.3) is 0 Å². The van der Waals surface area contributed by atoms with E-state index < -0.39 is 6.10 Å². The summed E-state index contributed by atoms with van der Waals surface area (Å²) in [5.74, 6) is 1.55. The second-order valence-electron chi connectivity index (χ2n) is 8.64. The van der Waals surface area contributed by atoms with Crippen LogP contribution in [0.1, 0.15) is 27.8 Å². The van der Waals surface area contributed by atoms with Crippen molar-refractivity contribution in [3.63, 3.8) is 0 Å². The summed E-state index contributed by atoms with van der Waals surface area (Å²) in [7, 11) is 1.55. The van der Waals surface area contributed by atoms with Crippen LogP contribution in [-0.2, 0) is 22.5 Å². The summed E-state index contributed by atoms with van der Waals surface area (Å²) in [6, 6.07) is 13.6. The fourth-order valence-electron chi connectivity index (χ4n) is 4.39. The van der Waals surface area contributed by atoms with Crippen LogP contribution in [0, 0.1) is 6.92 Å². The lowest BCUT2D eigenvalue weighted by Gasteiger charge is -2.37. The lowest BCUT2D eigenvalue weighted by molar-refractivity contribution is -0.136. The number of methoxy groups -OCH3 is 1. The highest BCUT2D eigenvalue weighted by atomic mass is 32.1. The lowest BCUT2D eigenvalue weighted by atomic mass is 10.0. The van der Waals surface area contributed by atoms with Crippen LogP contribution >= 0.6 is 11.3 Å². The second-order valence-corrected chi connectivity index (χ2v) is 9.64. The Morgan fingerprint density at radius 1 is 1.32 bits per heavy atom. The van der Waals surface area contributed by atoms with Gasteiger partial charge >= 0.3 is 0 Å². The maximum Gasteiger partial charge on any atom is 0.237 e. The van der Waals surface area contributed by atoms with E-state index in [1.54, 1.807) is 24.7 Å². The molecule has 182 valence electrons. The Balaban J connectivity index is 1.48. The first-order chi connectivity index (χ1) is 16.5. The zero-order valence-corrected chi connectivity index (χ0v) is 20.5. The van der Waals surface area contributed by atoms with Gasteiger partial charge in [0.05, 0.1) is 38.1 Å². The Morgan fingerprint density at radius 3 is 2.97 bits per heavy atom. The largest absolute Gasteiger partial charge is 0.491 e. The van der Waals surface area contributed by atoms with Gasteiger partial charge < -0.3 is 23.9 Å². The Labute approximate surface area is 204 Å². The van der Waals surface area contributed by atoms with Crippen molar-refractivity contribution in [2.45, 2.75) is 32.0 Å². The van der Waals surface area contributed by atoms with Crippen LogP contribution < -0.4 is 4.74 Å². The number of fused-ring (bicyclic) bond motifs is 1. The summed E-state index contributed by atoms with van der Waals surface area (Å²) in [4.78, 5) is 18.7. The summed E-state index contributed by atoms with van der Waals surface area (Å²) in [5.41, 5.74) is 2.29. The van der Waals surface area contributed by atoms with E-state index in [0.29, 0.717) is 26.2 Å². The third-order valence-electron chi connectivity index (χ3n) is 5.96. The molecule has 1 aliphatic heterocycles. The fraction of sp³-hybridized carbons (Fsp3) is 0.423. The molecule has 4 rings (SSSR count). The molecule has 7 nitrogen and oxygen atoms in total. The van der Waals surface area contributed by atoms with Crippen LogP contribution in [-0.4, -0.2) is 66.9 Å². The summed E-state index contributed by atoms with van der Waals surface area (Å²) in [6.07, 6.45) is 1.75. The first kappa shape index (κ1) is 24.5. The predicted octanol–water partition coefficient (Wildman–Crippen LogP) is 3.66. The first-order valence-electron chi connectivity index (χ1n) is 11.5. The maximum atomic E-state index is 13.6. The number of benzene rings is 1. The van der Waals surface area contributed by atoms with Crippen molar-refractivity contribution in [1.29, 1.82) is 0 Å². The Kier molecular flexibility index (Phi) is 8.39. The number of hydrogen-bond donors (Lipinski definition) is 1. The average molecular weight is 485 g/mol. The molecule has 0 bridgehead atoms. The highest BCUT2D eigenvalue weighted by Gasteiger charge is 2.33. The molecule has 0 radical (unpaired) electrons. The summed E-state index contributed by atoms with van der Waals surface area (Å²) < 4.78 is 16.7. The molecule has 0 aliphatic carbocycles. The number of aliphatic hydroxyl groups is 1. The van der Waals surface area contributed by atoms with Gasteiger partial charge in [0.15, 0.2) is 0 Å². The van der Waals surface area contributed by atoms with Crippen molar-refractivity contribution < 1.29 is 23.8 Å². The number of ether oxygens (including phenoxy) is 2. The number of carbonyl (C=O) groups is 1. The molecule has 3 aromatic rings. The molecule has 0 fully saturated rings. The number of furan rings is 1. The van der Waals surface area contributed by atoms with E-state index >= 15 is 0 Å². The van der Waals surface area contributed by atoms with Crippen molar-refractivity contribution in [2.75, 3.05) is 40.0 Å². The molecule has 0 saturated heterocycles. The van der Waals surface area contributed by atoms with Gasteiger partial charge in [-0.15, -0.1) is 11.3 Å². The molecule has 1 N–H and O–H groups in total. The summed E-state index contributed by atoms with van der Waals surface area (Å²) in [5, 5.41) is 12.4. The van der Waals surface area contributed by atoms with Crippen LogP contribution in [0.2, 0.25) is 0 Å². The van der Waals surface area contributed by atoms with Crippen LogP contribution in [0.4, 0.5) is 0 Å². The van der Waals surface area contributed by atoms with Crippen molar-refractivity contribution in [3.8, 4) is 5.75 Å². The van der Waals surface area contributed by atoms with Gasteiger partial charge in [-0.2, -0.15) is 0 Å². The molecule has 2 atom stereocenters. The molecule has 1 amide bonds. The van der Waals surface area contributed by atoms with E-state index in [2.05, 4.69) is 11.4 Å². The fourth-order valence-corrected chi connectivity index (χ4v) is 5.32. The molecular weight excluding hydrogens is 452 g/mol. The SMILES string of the molecule is COCC(O)CN(CC(=O)N1CCc2sccc2C1COc1cccc(C)c1)Cc1ccco1. The molecule has 3 heterocycles. The normalized spacial score (nSPS) is 16.5. The van der Waals surface area contributed by atoms with E-state index in [0.717, 1.165) is 29.1 Å². The minimum atomic E-state index is -0.696. The van der Waals surface area contributed by atoms with E-state index in [4.69, 9.17) is 13.9 Å². The van der Waals surface area contributed by atoms with E-state index in [1.807, 2.05) is 53.1 Å². The predicted molar refractivity (Wildman–Crippen MR) is 131 cm³/mol. The Hall–Kier alpha value is -2.65. The molecule has 34 heavy (non-hydrogen) atoms. The van der Waals surface area contributed by atoms with Crippen LogP contribution in [0.3, 0.4) is 0 Å². The highest BCUT2D eigenvalue weighted by molar-refractivity contribution is 7.10. The van der Waals surface area contributed by atoms with Crippen LogP contribution in [0.25, 0.3) is 0 Å². The van der Waals surface area contributed by atoms with Crippen LogP contribution in [0.5, 0.6) is 5.75 Å².